The summed E-state index contributed by atoms with van der Waals surface area (Å²) in [6, 6.07) is 9.82. The summed E-state index contributed by atoms with van der Waals surface area (Å²) in [5.74, 6) is 2.62. The topological polar surface area (TPSA) is 116 Å². The fourth-order valence-corrected chi connectivity index (χ4v) is 4.22. The molecule has 0 saturated carbocycles. The molecule has 3 aromatic heterocycles. The molecule has 1 amide bonds. The fourth-order valence-electron chi connectivity index (χ4n) is 4.22. The van der Waals surface area contributed by atoms with Gasteiger partial charge in [-0.25, -0.2) is 9.97 Å². The maximum Gasteiger partial charge on any atom is 0.257 e. The summed E-state index contributed by atoms with van der Waals surface area (Å²) in [6.45, 7) is 11.8. The number of aryl methyl sites for hydroxylation is 1. The summed E-state index contributed by atoms with van der Waals surface area (Å²) in [5.41, 5.74) is 3.34. The number of aromatic nitrogens is 5. The second-order valence-electron chi connectivity index (χ2n) is 9.96. The van der Waals surface area contributed by atoms with Gasteiger partial charge in [0.15, 0.2) is 5.82 Å². The van der Waals surface area contributed by atoms with Crippen LogP contribution in [0.3, 0.4) is 0 Å². The number of fused-ring (bicyclic) bond motifs is 1. The molecule has 1 saturated heterocycles. The summed E-state index contributed by atoms with van der Waals surface area (Å²) >= 11 is 0. The lowest BCUT2D eigenvalue weighted by atomic mass is 9.94. The van der Waals surface area contributed by atoms with E-state index in [1.807, 2.05) is 56.0 Å². The van der Waals surface area contributed by atoms with E-state index < -0.39 is 0 Å². The molecule has 1 fully saturated rings. The molecule has 1 aliphatic rings. The standard InChI is InChI=1S/C25H30N8O2/c1-16-27-22(35-31-16)18-5-6-19-20(14-18)29-24(28-19)30-21-13-17(7-8-26-21)15-32-9-11-33(12-10-32)23(34)25(2,3)4/h5-8,13-14H,9-12,15H2,1-4H3,(H2,26,28,29,30). The molecule has 10 nitrogen and oxygen atoms in total. The first-order valence-electron chi connectivity index (χ1n) is 11.8. The molecule has 4 heterocycles. The van der Waals surface area contributed by atoms with Crippen LogP contribution in [0.25, 0.3) is 22.5 Å². The third kappa shape index (κ3) is 5.17. The van der Waals surface area contributed by atoms with Gasteiger partial charge in [-0.1, -0.05) is 25.9 Å². The van der Waals surface area contributed by atoms with E-state index in [-0.39, 0.29) is 11.3 Å². The van der Waals surface area contributed by atoms with E-state index in [4.69, 9.17) is 4.52 Å². The van der Waals surface area contributed by atoms with Crippen molar-refractivity contribution in [1.82, 2.24) is 34.9 Å². The van der Waals surface area contributed by atoms with Crippen LogP contribution in [0.1, 0.15) is 32.2 Å². The molecule has 5 rings (SSSR count). The van der Waals surface area contributed by atoms with E-state index in [0.717, 1.165) is 60.7 Å². The van der Waals surface area contributed by atoms with Crippen molar-refractivity contribution in [2.75, 3.05) is 31.5 Å². The first-order valence-corrected chi connectivity index (χ1v) is 11.8. The minimum atomic E-state index is -0.335. The Hall–Kier alpha value is -3.79. The Morgan fingerprint density at radius 3 is 2.63 bits per heavy atom. The maximum atomic E-state index is 12.5. The zero-order valence-electron chi connectivity index (χ0n) is 20.5. The lowest BCUT2D eigenvalue weighted by molar-refractivity contribution is -0.141. The number of nitrogens with one attached hydrogen (secondary N) is 2. The Balaban J connectivity index is 1.23. The molecule has 1 aliphatic heterocycles. The lowest BCUT2D eigenvalue weighted by Gasteiger charge is -2.37. The number of piperazine rings is 1. The van der Waals surface area contributed by atoms with Crippen LogP contribution in [0, 0.1) is 12.3 Å². The third-order valence-corrected chi connectivity index (χ3v) is 6.03. The van der Waals surface area contributed by atoms with E-state index in [2.05, 4.69) is 35.3 Å². The normalized spacial score (nSPS) is 15.0. The fraction of sp³-hybridized carbons (Fsp3) is 0.400. The lowest BCUT2D eigenvalue weighted by Crippen LogP contribution is -2.51. The third-order valence-electron chi connectivity index (χ3n) is 6.03. The highest BCUT2D eigenvalue weighted by atomic mass is 16.5. The van der Waals surface area contributed by atoms with Crippen molar-refractivity contribution < 1.29 is 9.32 Å². The number of hydrogen-bond acceptors (Lipinski definition) is 8. The molecule has 0 aliphatic carbocycles. The highest BCUT2D eigenvalue weighted by Gasteiger charge is 2.29. The van der Waals surface area contributed by atoms with Crippen molar-refractivity contribution in [3.8, 4) is 11.5 Å². The average Bonchev–Trinajstić information content (AvgIpc) is 3.43. The number of hydrogen-bond donors (Lipinski definition) is 2. The number of pyridine rings is 1. The Kier molecular flexibility index (Phi) is 5.98. The molecule has 1 aromatic carbocycles. The van der Waals surface area contributed by atoms with Gasteiger partial charge >= 0.3 is 0 Å². The predicted molar refractivity (Wildman–Crippen MR) is 133 cm³/mol. The number of aromatic amines is 1. The van der Waals surface area contributed by atoms with Gasteiger partial charge < -0.3 is 19.7 Å². The SMILES string of the molecule is Cc1noc(-c2ccc3nc(Nc4cc(CN5CCN(C(=O)C(C)(C)C)CC5)ccn4)[nH]c3c2)n1. The molecule has 0 spiro atoms. The van der Waals surface area contributed by atoms with Crippen molar-refractivity contribution in [2.24, 2.45) is 5.41 Å². The van der Waals surface area contributed by atoms with Gasteiger partial charge in [0.25, 0.3) is 5.89 Å². The Morgan fingerprint density at radius 2 is 1.91 bits per heavy atom. The number of H-pyrrole nitrogens is 1. The molecular weight excluding hydrogens is 444 g/mol. The first kappa shape index (κ1) is 23.0. The van der Waals surface area contributed by atoms with Crippen molar-refractivity contribution >= 4 is 28.7 Å². The van der Waals surface area contributed by atoms with Crippen molar-refractivity contribution in [3.05, 3.63) is 47.9 Å². The van der Waals surface area contributed by atoms with Crippen LogP contribution in [0.15, 0.2) is 41.1 Å². The summed E-state index contributed by atoms with van der Waals surface area (Å²) in [6.07, 6.45) is 1.80. The van der Waals surface area contributed by atoms with Gasteiger partial charge in [0.05, 0.1) is 11.0 Å². The number of nitrogens with zero attached hydrogens (tertiary/aromatic N) is 6. The number of amides is 1. The summed E-state index contributed by atoms with van der Waals surface area (Å²) in [5, 5.41) is 7.12. The van der Waals surface area contributed by atoms with Gasteiger partial charge in [0.1, 0.15) is 5.82 Å². The number of carbonyl (C=O) groups excluding carboxylic acids is 1. The van der Waals surface area contributed by atoms with Crippen molar-refractivity contribution in [3.63, 3.8) is 0 Å². The van der Waals surface area contributed by atoms with E-state index in [1.165, 1.54) is 0 Å². The number of benzene rings is 1. The molecule has 182 valence electrons. The minimum absolute atomic E-state index is 0.220. The molecule has 0 bridgehead atoms. The van der Waals surface area contributed by atoms with Crippen molar-refractivity contribution in [1.29, 1.82) is 0 Å². The second kappa shape index (κ2) is 9.10. The minimum Gasteiger partial charge on any atom is -0.340 e. The monoisotopic (exact) mass is 474 g/mol. The van der Waals surface area contributed by atoms with Crippen LogP contribution in [-0.4, -0.2) is 67.0 Å². The number of imidazole rings is 1. The molecule has 0 unspecified atom stereocenters. The van der Waals surface area contributed by atoms with E-state index in [0.29, 0.717) is 17.7 Å². The van der Waals surface area contributed by atoms with E-state index in [9.17, 15) is 4.79 Å². The van der Waals surface area contributed by atoms with Gasteiger partial charge in [-0.15, -0.1) is 0 Å². The zero-order valence-corrected chi connectivity index (χ0v) is 20.5. The summed E-state index contributed by atoms with van der Waals surface area (Å²) in [4.78, 5) is 33.5. The molecule has 10 heteroatoms. The highest BCUT2D eigenvalue weighted by molar-refractivity contribution is 5.82. The first-order chi connectivity index (χ1) is 16.7. The van der Waals surface area contributed by atoms with Crippen LogP contribution < -0.4 is 5.32 Å². The van der Waals surface area contributed by atoms with Crippen LogP contribution >= 0.6 is 0 Å². The van der Waals surface area contributed by atoms with Gasteiger partial charge in [-0.2, -0.15) is 4.98 Å². The zero-order chi connectivity index (χ0) is 24.6. The van der Waals surface area contributed by atoms with E-state index >= 15 is 0 Å². The van der Waals surface area contributed by atoms with Crippen LogP contribution in [-0.2, 0) is 11.3 Å². The molecular formula is C25H30N8O2. The smallest absolute Gasteiger partial charge is 0.257 e. The van der Waals surface area contributed by atoms with Crippen LogP contribution in [0.5, 0.6) is 0 Å². The largest absolute Gasteiger partial charge is 0.340 e. The predicted octanol–water partition coefficient (Wildman–Crippen LogP) is 3.75. The Labute approximate surface area is 203 Å². The molecule has 0 radical (unpaired) electrons. The summed E-state index contributed by atoms with van der Waals surface area (Å²) in [7, 11) is 0. The van der Waals surface area contributed by atoms with Gasteiger partial charge in [0.2, 0.25) is 11.9 Å². The number of anilines is 2. The Morgan fingerprint density at radius 1 is 1.11 bits per heavy atom. The van der Waals surface area contributed by atoms with Crippen LogP contribution in [0.2, 0.25) is 0 Å². The quantitative estimate of drug-likeness (QED) is 0.449. The van der Waals surface area contributed by atoms with Gasteiger partial charge in [0, 0.05) is 49.9 Å². The molecule has 0 atom stereocenters. The number of carbonyl (C=O) groups is 1. The molecule has 4 aromatic rings. The van der Waals surface area contributed by atoms with Crippen LogP contribution in [0.4, 0.5) is 11.8 Å². The maximum absolute atomic E-state index is 12.5. The molecule has 35 heavy (non-hydrogen) atoms. The van der Waals surface area contributed by atoms with Gasteiger partial charge in [-0.05, 0) is 42.8 Å². The average molecular weight is 475 g/mol. The van der Waals surface area contributed by atoms with Gasteiger partial charge in [-0.3, -0.25) is 9.69 Å². The molecule has 2 N–H and O–H groups in total. The van der Waals surface area contributed by atoms with Crippen molar-refractivity contribution in [2.45, 2.75) is 34.2 Å². The highest BCUT2D eigenvalue weighted by Crippen LogP contribution is 2.24. The Bertz CT molecular complexity index is 1350. The second-order valence-corrected chi connectivity index (χ2v) is 9.96. The summed E-state index contributed by atoms with van der Waals surface area (Å²) < 4.78 is 5.27. The van der Waals surface area contributed by atoms with E-state index in [1.54, 1.807) is 13.1 Å². The number of rotatable bonds is 5.